The number of hydrogen-bond donors (Lipinski definition) is 2. The van der Waals surface area contributed by atoms with Gasteiger partial charge in [0.2, 0.25) is 0 Å². The second-order valence-electron chi connectivity index (χ2n) is 4.52. The minimum Gasteiger partial charge on any atom is -0.496 e. The van der Waals surface area contributed by atoms with Gasteiger partial charge in [0.25, 0.3) is 0 Å². The number of carbonyl (C=O) groups is 1. The van der Waals surface area contributed by atoms with Crippen molar-refractivity contribution in [2.24, 2.45) is 0 Å². The molecule has 0 spiro atoms. The molecule has 5 heteroatoms. The molecule has 0 aliphatic carbocycles. The standard InChI is InChI=1S/C16H16BrNO3/c1-21-15-5-3-2-4-11(15)6-7-18-14-9-12(16(19)20)8-13(17)10-14/h2-5,8-10,18H,6-7H2,1H3,(H,19,20). The summed E-state index contributed by atoms with van der Waals surface area (Å²) in [6, 6.07) is 12.9. The lowest BCUT2D eigenvalue weighted by Crippen LogP contribution is -2.07. The summed E-state index contributed by atoms with van der Waals surface area (Å²) in [5.74, 6) is -0.0798. The quantitative estimate of drug-likeness (QED) is 0.832. The van der Waals surface area contributed by atoms with Crippen LogP contribution < -0.4 is 10.1 Å². The van der Waals surface area contributed by atoms with Crippen molar-refractivity contribution in [1.82, 2.24) is 0 Å². The summed E-state index contributed by atoms with van der Waals surface area (Å²) in [4.78, 5) is 11.0. The number of carboxylic acid groups (broad SMARTS) is 1. The Hall–Kier alpha value is -2.01. The van der Waals surface area contributed by atoms with E-state index in [1.807, 2.05) is 30.3 Å². The second kappa shape index (κ2) is 7.13. The van der Waals surface area contributed by atoms with Gasteiger partial charge in [-0.3, -0.25) is 0 Å². The molecule has 0 aliphatic rings. The van der Waals surface area contributed by atoms with Gasteiger partial charge in [0.1, 0.15) is 5.75 Å². The van der Waals surface area contributed by atoms with Crippen molar-refractivity contribution in [1.29, 1.82) is 0 Å². The maximum Gasteiger partial charge on any atom is 0.335 e. The van der Waals surface area contributed by atoms with Crippen LogP contribution in [0.25, 0.3) is 0 Å². The van der Waals surface area contributed by atoms with E-state index in [1.54, 1.807) is 19.2 Å². The fourth-order valence-corrected chi connectivity index (χ4v) is 2.56. The van der Waals surface area contributed by atoms with Crippen LogP contribution in [0.1, 0.15) is 15.9 Å². The maximum atomic E-state index is 11.0. The van der Waals surface area contributed by atoms with Crippen LogP contribution in [-0.2, 0) is 6.42 Å². The summed E-state index contributed by atoms with van der Waals surface area (Å²) in [7, 11) is 1.65. The molecule has 4 nitrogen and oxygen atoms in total. The Balaban J connectivity index is 2.02. The van der Waals surface area contributed by atoms with E-state index in [4.69, 9.17) is 9.84 Å². The number of nitrogens with one attached hydrogen (secondary N) is 1. The van der Waals surface area contributed by atoms with Crippen LogP contribution in [-0.4, -0.2) is 24.7 Å². The lowest BCUT2D eigenvalue weighted by molar-refractivity contribution is 0.0697. The Labute approximate surface area is 131 Å². The molecule has 0 saturated carbocycles. The highest BCUT2D eigenvalue weighted by Gasteiger charge is 2.06. The normalized spacial score (nSPS) is 10.2. The molecule has 0 fully saturated rings. The molecule has 2 N–H and O–H groups in total. The van der Waals surface area contributed by atoms with E-state index in [2.05, 4.69) is 21.2 Å². The summed E-state index contributed by atoms with van der Waals surface area (Å²) >= 11 is 3.32. The number of rotatable bonds is 6. The van der Waals surface area contributed by atoms with Crippen molar-refractivity contribution in [3.63, 3.8) is 0 Å². The highest BCUT2D eigenvalue weighted by Crippen LogP contribution is 2.21. The smallest absolute Gasteiger partial charge is 0.335 e. The zero-order chi connectivity index (χ0) is 15.2. The molecular formula is C16H16BrNO3. The Kier molecular flexibility index (Phi) is 5.22. The second-order valence-corrected chi connectivity index (χ2v) is 5.44. The lowest BCUT2D eigenvalue weighted by Gasteiger charge is -2.10. The average molecular weight is 350 g/mol. The fourth-order valence-electron chi connectivity index (χ4n) is 2.07. The molecule has 0 saturated heterocycles. The predicted molar refractivity (Wildman–Crippen MR) is 86.3 cm³/mol. The molecule has 0 atom stereocenters. The molecule has 2 aromatic carbocycles. The third-order valence-electron chi connectivity index (χ3n) is 3.06. The van der Waals surface area contributed by atoms with Crippen molar-refractivity contribution in [2.75, 3.05) is 19.0 Å². The summed E-state index contributed by atoms with van der Waals surface area (Å²) in [5, 5.41) is 12.3. The summed E-state index contributed by atoms with van der Waals surface area (Å²) in [6.07, 6.45) is 0.791. The summed E-state index contributed by atoms with van der Waals surface area (Å²) in [6.45, 7) is 0.690. The van der Waals surface area contributed by atoms with E-state index in [0.29, 0.717) is 6.54 Å². The molecule has 0 amide bonds. The van der Waals surface area contributed by atoms with Crippen LogP contribution in [0.4, 0.5) is 5.69 Å². The van der Waals surface area contributed by atoms with E-state index in [1.165, 1.54) is 0 Å². The molecule has 0 aromatic heterocycles. The largest absolute Gasteiger partial charge is 0.496 e. The van der Waals surface area contributed by atoms with Crippen molar-refractivity contribution in [3.8, 4) is 5.75 Å². The molecule has 0 aliphatic heterocycles. The van der Waals surface area contributed by atoms with E-state index >= 15 is 0 Å². The first-order chi connectivity index (χ1) is 10.1. The predicted octanol–water partition coefficient (Wildman–Crippen LogP) is 3.81. The van der Waals surface area contributed by atoms with Crippen LogP contribution in [0.2, 0.25) is 0 Å². The van der Waals surface area contributed by atoms with Gasteiger partial charge in [-0.15, -0.1) is 0 Å². The first-order valence-corrected chi connectivity index (χ1v) is 7.29. The summed E-state index contributed by atoms with van der Waals surface area (Å²) in [5.41, 5.74) is 2.14. The van der Waals surface area contributed by atoms with Gasteiger partial charge < -0.3 is 15.2 Å². The minimum atomic E-state index is -0.941. The van der Waals surface area contributed by atoms with Crippen LogP contribution >= 0.6 is 15.9 Å². The molecule has 2 rings (SSSR count). The Morgan fingerprint density at radius 3 is 2.76 bits per heavy atom. The third kappa shape index (κ3) is 4.23. The third-order valence-corrected chi connectivity index (χ3v) is 3.52. The number of para-hydroxylation sites is 1. The Bertz CT molecular complexity index is 643. The summed E-state index contributed by atoms with van der Waals surface area (Å²) < 4.78 is 6.04. The number of aromatic carboxylic acids is 1. The number of anilines is 1. The number of ether oxygens (including phenoxy) is 1. The first kappa shape index (κ1) is 15.4. The Morgan fingerprint density at radius 2 is 2.05 bits per heavy atom. The van der Waals surface area contributed by atoms with Gasteiger partial charge >= 0.3 is 5.97 Å². The molecule has 110 valence electrons. The van der Waals surface area contributed by atoms with Gasteiger partial charge in [-0.25, -0.2) is 4.79 Å². The molecule has 0 heterocycles. The van der Waals surface area contributed by atoms with E-state index in [-0.39, 0.29) is 5.56 Å². The van der Waals surface area contributed by atoms with Crippen LogP contribution in [0.5, 0.6) is 5.75 Å². The van der Waals surface area contributed by atoms with Crippen LogP contribution in [0.15, 0.2) is 46.9 Å². The van der Waals surface area contributed by atoms with Crippen molar-refractivity contribution in [3.05, 3.63) is 58.1 Å². The first-order valence-electron chi connectivity index (χ1n) is 6.50. The van der Waals surface area contributed by atoms with Crippen molar-refractivity contribution >= 4 is 27.6 Å². The number of carboxylic acids is 1. The maximum absolute atomic E-state index is 11.0. The lowest BCUT2D eigenvalue weighted by atomic mass is 10.1. The van der Waals surface area contributed by atoms with Crippen molar-refractivity contribution in [2.45, 2.75) is 6.42 Å². The number of benzene rings is 2. The average Bonchev–Trinajstić information content (AvgIpc) is 2.47. The highest BCUT2D eigenvalue weighted by molar-refractivity contribution is 9.10. The highest BCUT2D eigenvalue weighted by atomic mass is 79.9. The van der Waals surface area contributed by atoms with Crippen LogP contribution in [0, 0.1) is 0 Å². The van der Waals surface area contributed by atoms with Gasteiger partial charge in [-0.1, -0.05) is 34.1 Å². The van der Waals surface area contributed by atoms with E-state index in [0.717, 1.165) is 27.9 Å². The number of halogens is 1. The van der Waals surface area contributed by atoms with Crippen molar-refractivity contribution < 1.29 is 14.6 Å². The minimum absolute atomic E-state index is 0.254. The number of methoxy groups -OCH3 is 1. The molecule has 0 unspecified atom stereocenters. The fraction of sp³-hybridized carbons (Fsp3) is 0.188. The van der Waals surface area contributed by atoms with Gasteiger partial charge in [0, 0.05) is 16.7 Å². The molecular weight excluding hydrogens is 334 g/mol. The zero-order valence-electron chi connectivity index (χ0n) is 11.6. The molecule has 0 bridgehead atoms. The SMILES string of the molecule is COc1ccccc1CCNc1cc(Br)cc(C(=O)O)c1. The zero-order valence-corrected chi connectivity index (χ0v) is 13.2. The Morgan fingerprint density at radius 1 is 1.29 bits per heavy atom. The number of hydrogen-bond acceptors (Lipinski definition) is 3. The monoisotopic (exact) mass is 349 g/mol. The van der Waals surface area contributed by atoms with E-state index in [9.17, 15) is 4.79 Å². The molecule has 0 radical (unpaired) electrons. The van der Waals surface area contributed by atoms with Gasteiger partial charge in [-0.05, 0) is 36.2 Å². The molecule has 21 heavy (non-hydrogen) atoms. The van der Waals surface area contributed by atoms with Crippen LogP contribution in [0.3, 0.4) is 0 Å². The van der Waals surface area contributed by atoms with Gasteiger partial charge in [0.05, 0.1) is 12.7 Å². The molecule has 2 aromatic rings. The van der Waals surface area contributed by atoms with Gasteiger partial charge in [-0.2, -0.15) is 0 Å². The topological polar surface area (TPSA) is 58.6 Å². The van der Waals surface area contributed by atoms with Gasteiger partial charge in [0.15, 0.2) is 0 Å². The van der Waals surface area contributed by atoms with E-state index < -0.39 is 5.97 Å².